The molecule has 1 saturated heterocycles. The van der Waals surface area contributed by atoms with Gasteiger partial charge in [-0.05, 0) is 17.9 Å². The van der Waals surface area contributed by atoms with Crippen molar-refractivity contribution in [2.75, 3.05) is 13.6 Å². The van der Waals surface area contributed by atoms with Crippen LogP contribution in [-0.4, -0.2) is 38.9 Å². The average Bonchev–Trinajstić information content (AvgIpc) is 2.78. The molecule has 1 heterocycles. The molecule has 0 aromatic heterocycles. The van der Waals surface area contributed by atoms with Crippen LogP contribution in [0.4, 0.5) is 0 Å². The minimum absolute atomic E-state index is 0.182. The molecule has 2 aromatic carbocycles. The number of rotatable bonds is 3. The van der Waals surface area contributed by atoms with Crippen molar-refractivity contribution in [1.29, 1.82) is 0 Å². The molecule has 1 aliphatic heterocycles. The minimum Gasteiger partial charge on any atom is -0.344 e. The molecule has 6 heteroatoms. The third-order valence-electron chi connectivity index (χ3n) is 3.76. The molecule has 0 aliphatic carbocycles. The summed E-state index contributed by atoms with van der Waals surface area (Å²) in [6, 6.07) is 11.8. The van der Waals surface area contributed by atoms with E-state index in [0.717, 1.165) is 5.39 Å². The number of carbonyl (C=O) groups excluding carboxylic acids is 1. The third-order valence-corrected chi connectivity index (χ3v) is 5.29. The van der Waals surface area contributed by atoms with Crippen LogP contribution in [-0.2, 0) is 14.8 Å². The molecule has 5 nitrogen and oxygen atoms in total. The summed E-state index contributed by atoms with van der Waals surface area (Å²) in [5.74, 6) is -0.182. The first-order valence-corrected chi connectivity index (χ1v) is 8.22. The minimum atomic E-state index is -3.72. The zero-order valence-corrected chi connectivity index (χ0v) is 12.4. The molecule has 1 aliphatic rings. The van der Waals surface area contributed by atoms with Gasteiger partial charge in [-0.1, -0.05) is 36.4 Å². The van der Waals surface area contributed by atoms with Crippen molar-refractivity contribution in [3.8, 4) is 0 Å². The Balaban J connectivity index is 1.99. The predicted octanol–water partition coefficient (Wildman–Crippen LogP) is 1.35. The summed E-state index contributed by atoms with van der Waals surface area (Å²) in [6.07, 6.45) is 0.499. The number of likely N-dealkylation sites (tertiary alicyclic amines) is 1. The van der Waals surface area contributed by atoms with Crippen molar-refractivity contribution in [1.82, 2.24) is 9.62 Å². The molecular formula is C15H16N2O3S. The van der Waals surface area contributed by atoms with Gasteiger partial charge >= 0.3 is 0 Å². The number of nitrogens with zero attached hydrogens (tertiary/aromatic N) is 1. The molecule has 1 amide bonds. The number of likely N-dealkylation sites (N-methyl/N-ethyl adjacent to an activating group) is 1. The second-order valence-corrected chi connectivity index (χ2v) is 6.88. The molecule has 1 fully saturated rings. The van der Waals surface area contributed by atoms with Crippen LogP contribution < -0.4 is 4.72 Å². The van der Waals surface area contributed by atoms with Crippen LogP contribution in [0, 0.1) is 0 Å². The van der Waals surface area contributed by atoms with Gasteiger partial charge in [-0.15, -0.1) is 0 Å². The molecule has 0 radical (unpaired) electrons. The van der Waals surface area contributed by atoms with Gasteiger partial charge in [0.2, 0.25) is 15.9 Å². The summed E-state index contributed by atoms with van der Waals surface area (Å²) in [4.78, 5) is 13.6. The molecular weight excluding hydrogens is 288 g/mol. The zero-order chi connectivity index (χ0) is 15.0. The van der Waals surface area contributed by atoms with E-state index in [1.165, 1.54) is 4.90 Å². The topological polar surface area (TPSA) is 66.5 Å². The van der Waals surface area contributed by atoms with Crippen LogP contribution in [0.1, 0.15) is 6.42 Å². The number of sulfonamides is 1. The molecule has 1 unspecified atom stereocenters. The van der Waals surface area contributed by atoms with E-state index >= 15 is 0 Å². The number of amides is 1. The van der Waals surface area contributed by atoms with Crippen LogP contribution >= 0.6 is 0 Å². The maximum absolute atomic E-state index is 12.6. The fourth-order valence-corrected chi connectivity index (χ4v) is 4.07. The normalized spacial score (nSPS) is 19.4. The summed E-state index contributed by atoms with van der Waals surface area (Å²) in [6.45, 7) is 0.571. The fraction of sp³-hybridized carbons (Fsp3) is 0.267. The molecule has 110 valence electrons. The third kappa shape index (κ3) is 2.52. The van der Waals surface area contributed by atoms with Crippen LogP contribution in [0.3, 0.4) is 0 Å². The maximum Gasteiger partial charge on any atom is 0.241 e. The lowest BCUT2D eigenvalue weighted by atomic mass is 10.1. The van der Waals surface area contributed by atoms with E-state index < -0.39 is 16.1 Å². The van der Waals surface area contributed by atoms with Gasteiger partial charge in [-0.2, -0.15) is 4.72 Å². The highest BCUT2D eigenvalue weighted by Gasteiger charge is 2.33. The van der Waals surface area contributed by atoms with Gasteiger partial charge in [0.15, 0.2) is 0 Å². The van der Waals surface area contributed by atoms with Gasteiger partial charge in [0, 0.05) is 19.0 Å². The SMILES string of the molecule is CN1CCC(NS(=O)(=O)c2cccc3ccccc23)C1=O. The van der Waals surface area contributed by atoms with Gasteiger partial charge in [-0.3, -0.25) is 4.79 Å². The van der Waals surface area contributed by atoms with Crippen molar-refractivity contribution < 1.29 is 13.2 Å². The van der Waals surface area contributed by atoms with Gasteiger partial charge < -0.3 is 4.90 Å². The Bertz CT molecular complexity index is 796. The monoisotopic (exact) mass is 304 g/mol. The van der Waals surface area contributed by atoms with E-state index in [9.17, 15) is 13.2 Å². The summed E-state index contributed by atoms with van der Waals surface area (Å²) in [5, 5.41) is 1.52. The largest absolute Gasteiger partial charge is 0.344 e. The number of benzene rings is 2. The van der Waals surface area contributed by atoms with E-state index in [0.29, 0.717) is 18.4 Å². The number of nitrogens with one attached hydrogen (secondary N) is 1. The van der Waals surface area contributed by atoms with Gasteiger partial charge in [0.05, 0.1) is 4.90 Å². The number of hydrogen-bond donors (Lipinski definition) is 1. The highest BCUT2D eigenvalue weighted by Crippen LogP contribution is 2.23. The quantitative estimate of drug-likeness (QED) is 0.931. The van der Waals surface area contributed by atoms with E-state index in [1.54, 1.807) is 31.3 Å². The van der Waals surface area contributed by atoms with E-state index in [4.69, 9.17) is 0 Å². The highest BCUT2D eigenvalue weighted by atomic mass is 32.2. The summed E-state index contributed by atoms with van der Waals surface area (Å²) in [7, 11) is -2.05. The molecule has 0 spiro atoms. The fourth-order valence-electron chi connectivity index (χ4n) is 2.61. The van der Waals surface area contributed by atoms with Crippen molar-refractivity contribution in [3.63, 3.8) is 0 Å². The van der Waals surface area contributed by atoms with Crippen LogP contribution in [0.5, 0.6) is 0 Å². The Hall–Kier alpha value is -1.92. The van der Waals surface area contributed by atoms with Crippen LogP contribution in [0.2, 0.25) is 0 Å². The van der Waals surface area contributed by atoms with E-state index in [1.807, 2.05) is 18.2 Å². The maximum atomic E-state index is 12.6. The lowest BCUT2D eigenvalue weighted by Gasteiger charge is -2.14. The first-order valence-electron chi connectivity index (χ1n) is 6.74. The molecule has 3 rings (SSSR count). The Labute approximate surface area is 123 Å². The van der Waals surface area contributed by atoms with Crippen LogP contribution in [0.15, 0.2) is 47.4 Å². The van der Waals surface area contributed by atoms with Crippen molar-refractivity contribution in [2.24, 2.45) is 0 Å². The Morgan fingerprint density at radius 1 is 1.14 bits per heavy atom. The molecule has 0 bridgehead atoms. The Morgan fingerprint density at radius 3 is 2.57 bits per heavy atom. The first-order chi connectivity index (χ1) is 9.99. The number of fused-ring (bicyclic) bond motifs is 1. The zero-order valence-electron chi connectivity index (χ0n) is 11.6. The average molecular weight is 304 g/mol. The smallest absolute Gasteiger partial charge is 0.241 e. The Morgan fingerprint density at radius 2 is 1.86 bits per heavy atom. The summed E-state index contributed by atoms with van der Waals surface area (Å²) >= 11 is 0. The van der Waals surface area contributed by atoms with Crippen LogP contribution in [0.25, 0.3) is 10.8 Å². The van der Waals surface area contributed by atoms with Crippen molar-refractivity contribution >= 4 is 26.7 Å². The molecule has 2 aromatic rings. The van der Waals surface area contributed by atoms with E-state index in [2.05, 4.69) is 4.72 Å². The van der Waals surface area contributed by atoms with Crippen molar-refractivity contribution in [2.45, 2.75) is 17.4 Å². The number of carbonyl (C=O) groups is 1. The second kappa shape index (κ2) is 5.13. The van der Waals surface area contributed by atoms with Crippen molar-refractivity contribution in [3.05, 3.63) is 42.5 Å². The second-order valence-electron chi connectivity index (χ2n) is 5.20. The van der Waals surface area contributed by atoms with Gasteiger partial charge in [0.1, 0.15) is 6.04 Å². The lowest BCUT2D eigenvalue weighted by Crippen LogP contribution is -2.40. The predicted molar refractivity (Wildman–Crippen MR) is 80.3 cm³/mol. The van der Waals surface area contributed by atoms with Gasteiger partial charge in [0.25, 0.3) is 0 Å². The van der Waals surface area contributed by atoms with E-state index in [-0.39, 0.29) is 10.8 Å². The lowest BCUT2D eigenvalue weighted by molar-refractivity contribution is -0.127. The molecule has 1 N–H and O–H groups in total. The molecule has 21 heavy (non-hydrogen) atoms. The Kier molecular flexibility index (Phi) is 3.43. The summed E-state index contributed by atoms with van der Waals surface area (Å²) in [5.41, 5.74) is 0. The summed E-state index contributed by atoms with van der Waals surface area (Å²) < 4.78 is 27.7. The number of hydrogen-bond acceptors (Lipinski definition) is 3. The highest BCUT2D eigenvalue weighted by molar-refractivity contribution is 7.89. The standard InChI is InChI=1S/C15H16N2O3S/c1-17-10-9-13(15(17)18)16-21(19,20)14-8-4-6-11-5-2-3-7-12(11)14/h2-8,13,16H,9-10H2,1H3. The van der Waals surface area contributed by atoms with Gasteiger partial charge in [-0.25, -0.2) is 8.42 Å². The molecule has 0 saturated carbocycles. The first kappa shape index (κ1) is 14.0. The molecule has 1 atom stereocenters.